The summed E-state index contributed by atoms with van der Waals surface area (Å²) in [6, 6.07) is 8.08. The van der Waals surface area contributed by atoms with Crippen LogP contribution in [0.1, 0.15) is 42.7 Å². The summed E-state index contributed by atoms with van der Waals surface area (Å²) in [6.07, 6.45) is 2.15. The average molecular weight is 266 g/mol. The molecule has 0 aromatic heterocycles. The predicted octanol–water partition coefficient (Wildman–Crippen LogP) is 5.68. The standard InChI is InChI=1S/C16H17F3/c1-2-11-3-5-12(6-4-11)13-7-9-14(10-8-13)15(17)16(18)19/h2-6,13-14H,1,7-10H2. The molecule has 0 atom stereocenters. The summed E-state index contributed by atoms with van der Waals surface area (Å²) in [7, 11) is 0. The molecule has 0 N–H and O–H groups in total. The van der Waals surface area contributed by atoms with Crippen LogP contribution < -0.4 is 0 Å². The van der Waals surface area contributed by atoms with Crippen molar-refractivity contribution >= 4 is 6.08 Å². The third-order valence-electron chi connectivity index (χ3n) is 3.91. The fourth-order valence-corrected chi connectivity index (χ4v) is 2.74. The first kappa shape index (κ1) is 13.9. The molecule has 1 fully saturated rings. The van der Waals surface area contributed by atoms with Crippen molar-refractivity contribution in [1.29, 1.82) is 0 Å². The van der Waals surface area contributed by atoms with Crippen LogP contribution >= 0.6 is 0 Å². The smallest absolute Gasteiger partial charge is 0.206 e. The zero-order valence-corrected chi connectivity index (χ0v) is 10.7. The molecule has 0 aliphatic heterocycles. The van der Waals surface area contributed by atoms with Crippen LogP contribution in [0.4, 0.5) is 13.2 Å². The van der Waals surface area contributed by atoms with Gasteiger partial charge in [-0.1, -0.05) is 36.9 Å². The zero-order chi connectivity index (χ0) is 13.8. The molecule has 0 saturated heterocycles. The second-order valence-corrected chi connectivity index (χ2v) is 5.03. The molecule has 1 aliphatic rings. The molecule has 1 saturated carbocycles. The summed E-state index contributed by atoms with van der Waals surface area (Å²) in [5, 5.41) is 0. The Morgan fingerprint density at radius 1 is 1.00 bits per heavy atom. The Hall–Kier alpha value is -1.51. The number of hydrogen-bond acceptors (Lipinski definition) is 0. The highest BCUT2D eigenvalue weighted by molar-refractivity contribution is 5.47. The van der Waals surface area contributed by atoms with Crippen molar-refractivity contribution in [3.63, 3.8) is 0 Å². The maximum atomic E-state index is 13.2. The van der Waals surface area contributed by atoms with E-state index in [1.165, 1.54) is 5.56 Å². The van der Waals surface area contributed by atoms with Gasteiger partial charge in [0.1, 0.15) is 0 Å². The van der Waals surface area contributed by atoms with E-state index in [1.54, 1.807) is 6.08 Å². The van der Waals surface area contributed by atoms with E-state index >= 15 is 0 Å². The monoisotopic (exact) mass is 266 g/mol. The normalized spacial score (nSPS) is 22.9. The predicted molar refractivity (Wildman–Crippen MR) is 71.6 cm³/mol. The first-order valence-electron chi connectivity index (χ1n) is 6.55. The zero-order valence-electron chi connectivity index (χ0n) is 10.7. The Morgan fingerprint density at radius 2 is 1.58 bits per heavy atom. The van der Waals surface area contributed by atoms with Crippen molar-refractivity contribution in [3.8, 4) is 0 Å². The minimum atomic E-state index is -2.15. The molecular formula is C16H17F3. The topological polar surface area (TPSA) is 0 Å². The lowest BCUT2D eigenvalue weighted by atomic mass is 9.78. The minimum absolute atomic E-state index is 0.352. The van der Waals surface area contributed by atoms with Gasteiger partial charge in [0, 0.05) is 5.92 Å². The quantitative estimate of drug-likeness (QED) is 0.660. The summed E-state index contributed by atoms with van der Waals surface area (Å²) >= 11 is 0. The highest BCUT2D eigenvalue weighted by Gasteiger charge is 2.27. The van der Waals surface area contributed by atoms with Gasteiger partial charge in [0.05, 0.1) is 0 Å². The lowest BCUT2D eigenvalue weighted by molar-refractivity contribution is 0.281. The molecule has 0 radical (unpaired) electrons. The van der Waals surface area contributed by atoms with Gasteiger partial charge in [-0.25, -0.2) is 4.39 Å². The molecule has 0 heterocycles. The fourth-order valence-electron chi connectivity index (χ4n) is 2.74. The van der Waals surface area contributed by atoms with Crippen LogP contribution in [0.2, 0.25) is 0 Å². The number of hydrogen-bond donors (Lipinski definition) is 0. The van der Waals surface area contributed by atoms with Crippen molar-refractivity contribution in [2.24, 2.45) is 5.92 Å². The van der Waals surface area contributed by atoms with Gasteiger partial charge in [0.15, 0.2) is 5.83 Å². The highest BCUT2D eigenvalue weighted by atomic mass is 19.3. The van der Waals surface area contributed by atoms with Crippen LogP contribution in [0.5, 0.6) is 0 Å². The van der Waals surface area contributed by atoms with Gasteiger partial charge in [-0.15, -0.1) is 0 Å². The van der Waals surface area contributed by atoms with Crippen molar-refractivity contribution < 1.29 is 13.2 Å². The number of allylic oxidation sites excluding steroid dienone is 1. The number of rotatable bonds is 3. The van der Waals surface area contributed by atoms with Crippen molar-refractivity contribution in [1.82, 2.24) is 0 Å². The second kappa shape index (κ2) is 6.09. The van der Waals surface area contributed by atoms with E-state index in [1.807, 2.05) is 24.3 Å². The Balaban J connectivity index is 1.99. The van der Waals surface area contributed by atoms with Gasteiger partial charge in [-0.3, -0.25) is 0 Å². The van der Waals surface area contributed by atoms with Crippen LogP contribution in [-0.2, 0) is 0 Å². The molecule has 0 bridgehead atoms. The van der Waals surface area contributed by atoms with Crippen LogP contribution in [0.3, 0.4) is 0 Å². The second-order valence-electron chi connectivity index (χ2n) is 5.03. The molecule has 0 amide bonds. The molecule has 0 spiro atoms. The number of benzene rings is 1. The summed E-state index contributed by atoms with van der Waals surface area (Å²) in [4.78, 5) is 0. The summed E-state index contributed by atoms with van der Waals surface area (Å²) < 4.78 is 37.6. The van der Waals surface area contributed by atoms with Crippen molar-refractivity contribution in [2.75, 3.05) is 0 Å². The van der Waals surface area contributed by atoms with E-state index in [0.717, 1.165) is 18.4 Å². The van der Waals surface area contributed by atoms with Gasteiger partial charge < -0.3 is 0 Å². The van der Waals surface area contributed by atoms with Crippen LogP contribution in [0.25, 0.3) is 6.08 Å². The van der Waals surface area contributed by atoms with Crippen molar-refractivity contribution in [3.05, 3.63) is 53.9 Å². The molecule has 0 nitrogen and oxygen atoms in total. The molecular weight excluding hydrogens is 249 g/mol. The Bertz CT molecular complexity index is 461. The summed E-state index contributed by atoms with van der Waals surface area (Å²) in [6.45, 7) is 3.70. The van der Waals surface area contributed by atoms with Gasteiger partial charge in [0.25, 0.3) is 0 Å². The highest BCUT2D eigenvalue weighted by Crippen LogP contribution is 2.40. The minimum Gasteiger partial charge on any atom is -0.206 e. The SMILES string of the molecule is C=Cc1ccc(C2CCC(C(F)=C(F)F)CC2)cc1. The van der Waals surface area contributed by atoms with E-state index < -0.39 is 17.8 Å². The van der Waals surface area contributed by atoms with E-state index in [2.05, 4.69) is 6.58 Å². The van der Waals surface area contributed by atoms with E-state index in [0.29, 0.717) is 18.8 Å². The number of halogens is 3. The third kappa shape index (κ3) is 3.28. The molecule has 1 aromatic carbocycles. The van der Waals surface area contributed by atoms with E-state index in [4.69, 9.17) is 0 Å². The summed E-state index contributed by atoms with van der Waals surface area (Å²) in [5.74, 6) is -1.44. The van der Waals surface area contributed by atoms with Gasteiger partial charge in [0.2, 0.25) is 0 Å². The first-order valence-corrected chi connectivity index (χ1v) is 6.55. The Morgan fingerprint density at radius 3 is 2.05 bits per heavy atom. The van der Waals surface area contributed by atoms with Crippen LogP contribution in [0.15, 0.2) is 42.8 Å². The molecule has 2 rings (SSSR count). The van der Waals surface area contributed by atoms with Crippen LogP contribution in [0, 0.1) is 5.92 Å². The molecule has 19 heavy (non-hydrogen) atoms. The Labute approximate surface area is 111 Å². The van der Waals surface area contributed by atoms with Gasteiger partial charge in [-0.2, -0.15) is 8.78 Å². The van der Waals surface area contributed by atoms with E-state index in [9.17, 15) is 13.2 Å². The third-order valence-corrected chi connectivity index (χ3v) is 3.91. The molecule has 0 unspecified atom stereocenters. The largest absolute Gasteiger partial charge is 0.301 e. The maximum Gasteiger partial charge on any atom is 0.301 e. The van der Waals surface area contributed by atoms with Gasteiger partial charge >= 0.3 is 6.08 Å². The van der Waals surface area contributed by atoms with Crippen LogP contribution in [-0.4, -0.2) is 0 Å². The lowest BCUT2D eigenvalue weighted by Crippen LogP contribution is -2.14. The summed E-state index contributed by atoms with van der Waals surface area (Å²) in [5.41, 5.74) is 2.26. The average Bonchev–Trinajstić information content (AvgIpc) is 2.46. The molecule has 102 valence electrons. The Kier molecular flexibility index (Phi) is 4.46. The maximum absolute atomic E-state index is 13.2. The van der Waals surface area contributed by atoms with Crippen molar-refractivity contribution in [2.45, 2.75) is 31.6 Å². The van der Waals surface area contributed by atoms with E-state index in [-0.39, 0.29) is 0 Å². The molecule has 1 aliphatic carbocycles. The fraction of sp³-hybridized carbons (Fsp3) is 0.375. The molecule has 1 aromatic rings. The van der Waals surface area contributed by atoms with Gasteiger partial charge in [-0.05, 0) is 42.7 Å². The lowest BCUT2D eigenvalue weighted by Gasteiger charge is -2.27. The molecule has 3 heteroatoms. The first-order chi connectivity index (χ1) is 9.11.